The minimum Gasteiger partial charge on any atom is -0.489 e. The maximum Gasteiger partial charge on any atom is 0.168 e. The van der Waals surface area contributed by atoms with Crippen LogP contribution in [0.15, 0.2) is 48.5 Å². The summed E-state index contributed by atoms with van der Waals surface area (Å²) in [7, 11) is 0. The van der Waals surface area contributed by atoms with Gasteiger partial charge in [0.25, 0.3) is 0 Å². The molecule has 0 amide bonds. The van der Waals surface area contributed by atoms with Gasteiger partial charge < -0.3 is 15.8 Å². The van der Waals surface area contributed by atoms with E-state index < -0.39 is 0 Å². The molecule has 0 aliphatic heterocycles. The van der Waals surface area contributed by atoms with E-state index in [1.165, 1.54) is 5.56 Å². The van der Waals surface area contributed by atoms with Gasteiger partial charge in [0.1, 0.15) is 12.4 Å². The Bertz CT molecular complexity index is 549. The lowest BCUT2D eigenvalue weighted by molar-refractivity contribution is 0.306. The fourth-order valence-electron chi connectivity index (χ4n) is 1.63. The average Bonchev–Trinajstić information content (AvgIpc) is 2.39. The first-order chi connectivity index (χ1) is 9.13. The van der Waals surface area contributed by atoms with Crippen LogP contribution in [-0.2, 0) is 6.61 Å². The summed E-state index contributed by atoms with van der Waals surface area (Å²) < 4.78 is 5.70. The summed E-state index contributed by atoms with van der Waals surface area (Å²) in [5, 5.41) is 3.12. The van der Waals surface area contributed by atoms with Gasteiger partial charge in [0, 0.05) is 5.69 Å². The molecule has 0 atom stereocenters. The van der Waals surface area contributed by atoms with Gasteiger partial charge >= 0.3 is 0 Å². The number of hydrogen-bond acceptors (Lipinski definition) is 2. The van der Waals surface area contributed by atoms with Crippen LogP contribution in [0.3, 0.4) is 0 Å². The quantitative estimate of drug-likeness (QED) is 0.839. The van der Waals surface area contributed by atoms with Crippen molar-refractivity contribution < 1.29 is 4.74 Å². The van der Waals surface area contributed by atoms with Crippen LogP contribution in [0.1, 0.15) is 11.1 Å². The van der Waals surface area contributed by atoms with Crippen LogP contribution in [0.2, 0.25) is 0 Å². The molecule has 0 radical (unpaired) electrons. The molecule has 0 heterocycles. The highest BCUT2D eigenvalue weighted by atomic mass is 32.1. The summed E-state index contributed by atoms with van der Waals surface area (Å²) >= 11 is 4.77. The van der Waals surface area contributed by atoms with Gasteiger partial charge in [-0.1, -0.05) is 29.8 Å². The van der Waals surface area contributed by atoms with Crippen LogP contribution >= 0.6 is 12.2 Å². The van der Waals surface area contributed by atoms with Gasteiger partial charge in [0.05, 0.1) is 0 Å². The molecule has 0 saturated heterocycles. The number of hydrogen-bond donors (Lipinski definition) is 2. The summed E-state index contributed by atoms with van der Waals surface area (Å²) in [5.41, 5.74) is 8.65. The second kappa shape index (κ2) is 6.20. The van der Waals surface area contributed by atoms with Crippen molar-refractivity contribution in [2.45, 2.75) is 13.5 Å². The van der Waals surface area contributed by atoms with Gasteiger partial charge in [-0.25, -0.2) is 0 Å². The lowest BCUT2D eigenvalue weighted by Gasteiger charge is -2.08. The molecule has 3 nitrogen and oxygen atoms in total. The molecule has 4 heteroatoms. The van der Waals surface area contributed by atoms with Gasteiger partial charge in [0.2, 0.25) is 0 Å². The zero-order valence-electron chi connectivity index (χ0n) is 10.7. The van der Waals surface area contributed by atoms with E-state index in [9.17, 15) is 0 Å². The third-order valence-electron chi connectivity index (χ3n) is 2.65. The first kappa shape index (κ1) is 13.4. The van der Waals surface area contributed by atoms with Crippen molar-refractivity contribution in [2.24, 2.45) is 5.73 Å². The molecule has 0 bridgehead atoms. The van der Waals surface area contributed by atoms with E-state index in [0.717, 1.165) is 17.0 Å². The topological polar surface area (TPSA) is 47.3 Å². The van der Waals surface area contributed by atoms with Gasteiger partial charge in [-0.2, -0.15) is 0 Å². The molecule has 0 aromatic heterocycles. The SMILES string of the molecule is Cc1ccc(COc2ccc(NC(N)=S)cc2)cc1. The van der Waals surface area contributed by atoms with Gasteiger partial charge in [-0.3, -0.25) is 0 Å². The number of thiocarbonyl (C=S) groups is 1. The van der Waals surface area contributed by atoms with Gasteiger partial charge in [0.15, 0.2) is 5.11 Å². The second-order valence-corrected chi connectivity index (χ2v) is 4.73. The molecule has 2 rings (SSSR count). The maximum absolute atomic E-state index is 5.70. The summed E-state index contributed by atoms with van der Waals surface area (Å²) in [5.74, 6) is 0.814. The van der Waals surface area contributed by atoms with Crippen molar-refractivity contribution in [1.29, 1.82) is 0 Å². The van der Waals surface area contributed by atoms with Crippen molar-refractivity contribution in [2.75, 3.05) is 5.32 Å². The largest absolute Gasteiger partial charge is 0.489 e. The predicted octanol–water partition coefficient (Wildman–Crippen LogP) is 3.23. The molecular weight excluding hydrogens is 256 g/mol. The fraction of sp³-hybridized carbons (Fsp3) is 0.133. The highest BCUT2D eigenvalue weighted by Gasteiger charge is 1.97. The Morgan fingerprint density at radius 1 is 1.11 bits per heavy atom. The van der Waals surface area contributed by atoms with E-state index in [1.807, 2.05) is 24.3 Å². The number of aryl methyl sites for hydroxylation is 1. The molecular formula is C15H16N2OS. The highest BCUT2D eigenvalue weighted by Crippen LogP contribution is 2.17. The van der Waals surface area contributed by atoms with Crippen LogP contribution < -0.4 is 15.8 Å². The van der Waals surface area contributed by atoms with E-state index in [2.05, 4.69) is 36.5 Å². The Hall–Kier alpha value is -2.07. The van der Waals surface area contributed by atoms with E-state index in [-0.39, 0.29) is 5.11 Å². The van der Waals surface area contributed by atoms with Crippen LogP contribution in [-0.4, -0.2) is 5.11 Å². The Balaban J connectivity index is 1.92. The Morgan fingerprint density at radius 3 is 2.32 bits per heavy atom. The minimum atomic E-state index is 0.258. The van der Waals surface area contributed by atoms with Crippen molar-refractivity contribution in [3.8, 4) is 5.75 Å². The average molecular weight is 272 g/mol. The second-order valence-electron chi connectivity index (χ2n) is 4.29. The number of benzene rings is 2. The van der Waals surface area contributed by atoms with Crippen LogP contribution in [0.4, 0.5) is 5.69 Å². The molecule has 0 fully saturated rings. The summed E-state index contributed by atoms with van der Waals surface area (Å²) in [6, 6.07) is 15.8. The predicted molar refractivity (Wildman–Crippen MR) is 82.4 cm³/mol. The lowest BCUT2D eigenvalue weighted by Crippen LogP contribution is -2.18. The van der Waals surface area contributed by atoms with E-state index in [1.54, 1.807) is 0 Å². The van der Waals surface area contributed by atoms with Crippen molar-refractivity contribution in [3.63, 3.8) is 0 Å². The molecule has 98 valence electrons. The molecule has 0 aliphatic rings. The molecule has 0 aliphatic carbocycles. The minimum absolute atomic E-state index is 0.258. The van der Waals surface area contributed by atoms with Gasteiger partial charge in [-0.05, 0) is 49.0 Å². The van der Waals surface area contributed by atoms with Crippen LogP contribution in [0, 0.1) is 6.92 Å². The normalized spacial score (nSPS) is 9.95. The first-order valence-corrected chi connectivity index (χ1v) is 6.39. The molecule has 2 aromatic carbocycles. The molecule has 2 aromatic rings. The number of anilines is 1. The lowest BCUT2D eigenvalue weighted by atomic mass is 10.2. The number of rotatable bonds is 4. The number of ether oxygens (including phenoxy) is 1. The zero-order valence-corrected chi connectivity index (χ0v) is 11.5. The summed E-state index contributed by atoms with van der Waals surface area (Å²) in [6.45, 7) is 2.63. The molecule has 0 unspecified atom stereocenters. The molecule has 0 saturated carbocycles. The molecule has 0 spiro atoms. The maximum atomic E-state index is 5.70. The summed E-state index contributed by atoms with van der Waals surface area (Å²) in [6.07, 6.45) is 0. The Morgan fingerprint density at radius 2 is 1.74 bits per heavy atom. The Labute approximate surface area is 118 Å². The molecule has 19 heavy (non-hydrogen) atoms. The van der Waals surface area contributed by atoms with Crippen molar-refractivity contribution in [3.05, 3.63) is 59.7 Å². The van der Waals surface area contributed by atoms with Crippen LogP contribution in [0.5, 0.6) is 5.75 Å². The zero-order chi connectivity index (χ0) is 13.7. The van der Waals surface area contributed by atoms with Crippen LogP contribution in [0.25, 0.3) is 0 Å². The first-order valence-electron chi connectivity index (χ1n) is 5.98. The number of nitrogens with one attached hydrogen (secondary N) is 1. The fourth-order valence-corrected chi connectivity index (χ4v) is 1.75. The monoisotopic (exact) mass is 272 g/mol. The number of nitrogens with two attached hydrogens (primary N) is 1. The van der Waals surface area contributed by atoms with E-state index in [0.29, 0.717) is 6.61 Å². The third kappa shape index (κ3) is 4.26. The molecule has 3 N–H and O–H groups in total. The highest BCUT2D eigenvalue weighted by molar-refractivity contribution is 7.80. The summed E-state index contributed by atoms with van der Waals surface area (Å²) in [4.78, 5) is 0. The smallest absolute Gasteiger partial charge is 0.168 e. The van der Waals surface area contributed by atoms with Gasteiger partial charge in [-0.15, -0.1) is 0 Å². The van der Waals surface area contributed by atoms with Crippen molar-refractivity contribution >= 4 is 23.0 Å². The van der Waals surface area contributed by atoms with Crippen molar-refractivity contribution in [1.82, 2.24) is 0 Å². The standard InChI is InChI=1S/C15H16N2OS/c1-11-2-4-12(5-3-11)10-18-14-8-6-13(7-9-14)17-15(16)19/h2-9H,10H2,1H3,(H3,16,17,19). The Kier molecular flexibility index (Phi) is 4.36. The van der Waals surface area contributed by atoms with E-state index >= 15 is 0 Å². The van der Waals surface area contributed by atoms with E-state index in [4.69, 9.17) is 22.7 Å². The third-order valence-corrected chi connectivity index (χ3v) is 2.75.